The largest absolute Gasteiger partial charge is 0.455 e. The molecule has 2 amide bonds. The number of nitrogens with zero attached hydrogens (tertiary/aromatic N) is 1. The summed E-state index contributed by atoms with van der Waals surface area (Å²) >= 11 is 1.07. The third kappa shape index (κ3) is 5.93. The van der Waals surface area contributed by atoms with Crippen LogP contribution in [0.15, 0.2) is 5.03 Å². The van der Waals surface area contributed by atoms with Crippen molar-refractivity contribution in [1.29, 1.82) is 0 Å². The first-order chi connectivity index (χ1) is 12.8. The van der Waals surface area contributed by atoms with Crippen molar-refractivity contribution in [2.45, 2.75) is 44.7 Å². The Kier molecular flexibility index (Phi) is 7.61. The molecule has 0 aliphatic carbocycles. The van der Waals surface area contributed by atoms with Gasteiger partial charge in [0.25, 0.3) is 11.8 Å². The van der Waals surface area contributed by atoms with Crippen LogP contribution >= 0.6 is 11.8 Å². The fraction of sp³-hybridized carbons (Fsp3) is 0.556. The van der Waals surface area contributed by atoms with Gasteiger partial charge in [-0.05, 0) is 44.7 Å². The summed E-state index contributed by atoms with van der Waals surface area (Å²) in [6, 6.07) is 0. The van der Waals surface area contributed by atoms with E-state index in [-0.39, 0.29) is 24.4 Å². The molecule has 0 saturated carbocycles. The van der Waals surface area contributed by atoms with E-state index in [1.165, 1.54) is 0 Å². The molecule has 2 rings (SSSR count). The van der Waals surface area contributed by atoms with Gasteiger partial charge in [0.05, 0.1) is 17.4 Å². The second-order valence-electron chi connectivity index (χ2n) is 6.38. The Morgan fingerprint density at radius 3 is 2.67 bits per heavy atom. The number of thioether (sulfide) groups is 1. The fourth-order valence-electron chi connectivity index (χ4n) is 2.70. The minimum atomic E-state index is -0.590. The maximum absolute atomic E-state index is 11.9. The molecule has 9 heteroatoms. The van der Waals surface area contributed by atoms with E-state index >= 15 is 0 Å². The average molecular weight is 395 g/mol. The lowest BCUT2D eigenvalue weighted by molar-refractivity contribution is -0.146. The molecule has 27 heavy (non-hydrogen) atoms. The fourth-order valence-corrected chi connectivity index (χ4v) is 3.64. The van der Waals surface area contributed by atoms with Gasteiger partial charge in [0, 0.05) is 18.8 Å². The molecule has 1 atom stereocenters. The molecule has 1 saturated heterocycles. The van der Waals surface area contributed by atoms with Gasteiger partial charge in [0.15, 0.2) is 6.61 Å². The molecule has 3 N–H and O–H groups in total. The van der Waals surface area contributed by atoms with Gasteiger partial charge in [0.1, 0.15) is 5.03 Å². The van der Waals surface area contributed by atoms with Crippen molar-refractivity contribution in [2.75, 3.05) is 25.5 Å². The van der Waals surface area contributed by atoms with Crippen molar-refractivity contribution in [2.24, 2.45) is 5.73 Å². The zero-order chi connectivity index (χ0) is 20.0. The highest BCUT2D eigenvalue weighted by Crippen LogP contribution is 2.26. The maximum Gasteiger partial charge on any atom is 0.316 e. The SMILES string of the molecule is Cc1nc(SCC(=O)OCC(=O)NC[C@@H]2CCCO2)c(C(N)=O)c(C)c1C. The van der Waals surface area contributed by atoms with E-state index in [1.807, 2.05) is 13.8 Å². The van der Waals surface area contributed by atoms with Crippen LogP contribution in [0.1, 0.15) is 40.0 Å². The molecule has 8 nitrogen and oxygen atoms in total. The van der Waals surface area contributed by atoms with E-state index in [1.54, 1.807) is 6.92 Å². The quantitative estimate of drug-likeness (QED) is 0.498. The Hall–Kier alpha value is -2.13. The maximum atomic E-state index is 11.9. The van der Waals surface area contributed by atoms with Crippen molar-refractivity contribution in [3.05, 3.63) is 22.4 Å². The molecule has 1 fully saturated rings. The smallest absolute Gasteiger partial charge is 0.316 e. The number of hydrogen-bond donors (Lipinski definition) is 2. The first kappa shape index (κ1) is 21.2. The molecular formula is C18H25N3O5S. The molecule has 1 aliphatic rings. The Morgan fingerprint density at radius 1 is 1.30 bits per heavy atom. The number of esters is 1. The summed E-state index contributed by atoms with van der Waals surface area (Å²) in [4.78, 5) is 39.7. The normalized spacial score (nSPS) is 16.2. The van der Waals surface area contributed by atoms with Gasteiger partial charge in [-0.15, -0.1) is 0 Å². The number of nitrogens with two attached hydrogens (primary N) is 1. The predicted octanol–water partition coefficient (Wildman–Crippen LogP) is 1.04. The van der Waals surface area contributed by atoms with Gasteiger partial charge in [-0.2, -0.15) is 0 Å². The van der Waals surface area contributed by atoms with E-state index in [9.17, 15) is 14.4 Å². The molecule has 0 spiro atoms. The highest BCUT2D eigenvalue weighted by Gasteiger charge is 2.19. The highest BCUT2D eigenvalue weighted by atomic mass is 32.2. The lowest BCUT2D eigenvalue weighted by atomic mass is 10.0. The number of aryl methyl sites for hydroxylation is 1. The number of primary amides is 1. The average Bonchev–Trinajstić information content (AvgIpc) is 3.14. The van der Waals surface area contributed by atoms with Crippen LogP contribution in [0.25, 0.3) is 0 Å². The van der Waals surface area contributed by atoms with Crippen LogP contribution in [-0.2, 0) is 19.1 Å². The summed E-state index contributed by atoms with van der Waals surface area (Å²) in [5.74, 6) is -1.61. The van der Waals surface area contributed by atoms with Gasteiger partial charge in [-0.3, -0.25) is 14.4 Å². The first-order valence-corrected chi connectivity index (χ1v) is 9.72. The third-order valence-corrected chi connectivity index (χ3v) is 5.40. The zero-order valence-corrected chi connectivity index (χ0v) is 16.6. The van der Waals surface area contributed by atoms with Gasteiger partial charge >= 0.3 is 5.97 Å². The molecule has 0 unspecified atom stereocenters. The second kappa shape index (κ2) is 9.70. The van der Waals surface area contributed by atoms with Crippen LogP contribution in [-0.4, -0.2) is 54.4 Å². The summed E-state index contributed by atoms with van der Waals surface area (Å²) in [5, 5.41) is 3.07. The topological polar surface area (TPSA) is 121 Å². The third-order valence-electron chi connectivity index (χ3n) is 4.45. The molecule has 1 aliphatic heterocycles. The number of carbonyl (C=O) groups is 3. The molecule has 0 bridgehead atoms. The van der Waals surface area contributed by atoms with E-state index in [4.69, 9.17) is 15.2 Å². The Labute approximate surface area is 162 Å². The van der Waals surface area contributed by atoms with Gasteiger partial charge in [-0.25, -0.2) is 4.98 Å². The Balaban J connectivity index is 1.83. The number of nitrogens with one attached hydrogen (secondary N) is 1. The van der Waals surface area contributed by atoms with Crippen LogP contribution in [0.3, 0.4) is 0 Å². The van der Waals surface area contributed by atoms with Gasteiger partial charge in [-0.1, -0.05) is 11.8 Å². The molecule has 1 aromatic heterocycles. The van der Waals surface area contributed by atoms with E-state index < -0.39 is 11.9 Å². The van der Waals surface area contributed by atoms with Crippen molar-refractivity contribution < 1.29 is 23.9 Å². The van der Waals surface area contributed by atoms with E-state index in [0.717, 1.165) is 41.4 Å². The lowest BCUT2D eigenvalue weighted by Gasteiger charge is -2.13. The standard InChI is InChI=1S/C18H25N3O5S/c1-10-11(2)16(17(19)24)18(21-12(10)3)27-9-15(23)26-8-14(22)20-7-13-5-4-6-25-13/h13H,4-9H2,1-3H3,(H2,19,24)(H,20,22)/t13-/m0/s1. The highest BCUT2D eigenvalue weighted by molar-refractivity contribution is 8.00. The number of amides is 2. The molecular weight excluding hydrogens is 370 g/mol. The predicted molar refractivity (Wildman–Crippen MR) is 101 cm³/mol. The first-order valence-electron chi connectivity index (χ1n) is 8.74. The summed E-state index contributed by atoms with van der Waals surface area (Å²) in [6.07, 6.45) is 1.94. The molecule has 2 heterocycles. The van der Waals surface area contributed by atoms with Gasteiger partial charge < -0.3 is 20.5 Å². The Morgan fingerprint density at radius 2 is 2.04 bits per heavy atom. The number of rotatable bonds is 8. The van der Waals surface area contributed by atoms with Gasteiger partial charge in [0.2, 0.25) is 0 Å². The van der Waals surface area contributed by atoms with Crippen molar-refractivity contribution in [3.63, 3.8) is 0 Å². The molecule has 1 aromatic rings. The summed E-state index contributed by atoms with van der Waals surface area (Å²) in [5.41, 5.74) is 8.17. The minimum absolute atomic E-state index is 0.0338. The summed E-state index contributed by atoms with van der Waals surface area (Å²) < 4.78 is 10.4. The van der Waals surface area contributed by atoms with Crippen LogP contribution in [0.5, 0.6) is 0 Å². The number of pyridine rings is 1. The van der Waals surface area contributed by atoms with Crippen molar-refractivity contribution >= 4 is 29.5 Å². The van der Waals surface area contributed by atoms with E-state index in [0.29, 0.717) is 23.7 Å². The molecule has 0 radical (unpaired) electrons. The minimum Gasteiger partial charge on any atom is -0.455 e. The monoisotopic (exact) mass is 395 g/mol. The van der Waals surface area contributed by atoms with Crippen LogP contribution < -0.4 is 11.1 Å². The summed E-state index contributed by atoms with van der Waals surface area (Å²) in [6.45, 7) is 6.26. The number of ether oxygens (including phenoxy) is 2. The van der Waals surface area contributed by atoms with Crippen LogP contribution in [0, 0.1) is 20.8 Å². The van der Waals surface area contributed by atoms with E-state index in [2.05, 4.69) is 10.3 Å². The van der Waals surface area contributed by atoms with Crippen molar-refractivity contribution in [1.82, 2.24) is 10.3 Å². The van der Waals surface area contributed by atoms with Crippen molar-refractivity contribution in [3.8, 4) is 0 Å². The Bertz CT molecular complexity index is 732. The lowest BCUT2D eigenvalue weighted by Crippen LogP contribution is -2.35. The number of carbonyl (C=O) groups excluding carboxylic acids is 3. The number of hydrogen-bond acceptors (Lipinski definition) is 7. The second-order valence-corrected chi connectivity index (χ2v) is 7.34. The zero-order valence-electron chi connectivity index (χ0n) is 15.8. The van der Waals surface area contributed by atoms with Crippen LogP contribution in [0.2, 0.25) is 0 Å². The molecule has 148 valence electrons. The van der Waals surface area contributed by atoms with Crippen LogP contribution in [0.4, 0.5) is 0 Å². The summed E-state index contributed by atoms with van der Waals surface area (Å²) in [7, 11) is 0. The number of aromatic nitrogens is 1. The molecule has 0 aromatic carbocycles.